The van der Waals surface area contributed by atoms with Gasteiger partial charge in [-0.1, -0.05) is 15.9 Å². The summed E-state index contributed by atoms with van der Waals surface area (Å²) in [5.41, 5.74) is 5.70. The summed E-state index contributed by atoms with van der Waals surface area (Å²) >= 11 is 3.19. The van der Waals surface area contributed by atoms with Crippen LogP contribution in [-0.2, 0) is 5.54 Å². The van der Waals surface area contributed by atoms with Crippen LogP contribution in [0.2, 0.25) is 0 Å². The summed E-state index contributed by atoms with van der Waals surface area (Å²) in [6, 6.07) is 4.88. The summed E-state index contributed by atoms with van der Waals surface area (Å²) in [7, 11) is 0. The van der Waals surface area contributed by atoms with E-state index in [1.807, 2.05) is 0 Å². The number of nitro benzene ring substituents is 1. The first-order valence-electron chi connectivity index (χ1n) is 4.05. The molecule has 1 rings (SSSR count). The molecule has 0 bridgehead atoms. The van der Waals surface area contributed by atoms with Gasteiger partial charge in [-0.15, -0.1) is 0 Å². The molecule has 0 atom stereocenters. The first kappa shape index (κ1) is 11.1. The molecule has 5 heteroatoms. The maximum absolute atomic E-state index is 10.7. The van der Waals surface area contributed by atoms with Crippen LogP contribution in [0.3, 0.4) is 0 Å². The van der Waals surface area contributed by atoms with Crippen LogP contribution in [0, 0.1) is 10.1 Å². The molecule has 1 aromatic rings. The summed E-state index contributed by atoms with van der Waals surface area (Å²) < 4.78 is 0.678. The van der Waals surface area contributed by atoms with Crippen molar-refractivity contribution in [3.05, 3.63) is 38.3 Å². The zero-order valence-electron chi connectivity index (χ0n) is 7.95. The predicted molar refractivity (Wildman–Crippen MR) is 58.0 cm³/mol. The van der Waals surface area contributed by atoms with Gasteiger partial charge in [0.25, 0.3) is 5.69 Å². The molecule has 0 aliphatic carbocycles. The zero-order chi connectivity index (χ0) is 10.9. The van der Waals surface area contributed by atoms with Crippen LogP contribution in [0.25, 0.3) is 0 Å². The molecule has 0 saturated carbocycles. The Kier molecular flexibility index (Phi) is 2.92. The molecule has 0 amide bonds. The van der Waals surface area contributed by atoms with E-state index in [4.69, 9.17) is 5.73 Å². The molecule has 14 heavy (non-hydrogen) atoms. The molecule has 0 spiro atoms. The largest absolute Gasteiger partial charge is 0.322 e. The highest BCUT2D eigenvalue weighted by atomic mass is 79.9. The highest BCUT2D eigenvalue weighted by Gasteiger charge is 2.24. The number of benzene rings is 1. The predicted octanol–water partition coefficient (Wildman–Crippen LogP) is 2.55. The molecule has 4 nitrogen and oxygen atoms in total. The van der Waals surface area contributed by atoms with Crippen LogP contribution in [0.5, 0.6) is 0 Å². The maximum atomic E-state index is 10.7. The fourth-order valence-corrected chi connectivity index (χ4v) is 1.55. The Morgan fingerprint density at radius 2 is 2.07 bits per heavy atom. The van der Waals surface area contributed by atoms with E-state index in [0.717, 1.165) is 0 Å². The highest BCUT2D eigenvalue weighted by molar-refractivity contribution is 9.10. The number of nitrogens with zero attached hydrogens (tertiary/aromatic N) is 1. The monoisotopic (exact) mass is 258 g/mol. The summed E-state index contributed by atoms with van der Waals surface area (Å²) in [5, 5.41) is 10.7. The number of hydrogen-bond donors (Lipinski definition) is 1. The summed E-state index contributed by atoms with van der Waals surface area (Å²) in [6.45, 7) is 3.48. The molecule has 76 valence electrons. The summed E-state index contributed by atoms with van der Waals surface area (Å²) in [4.78, 5) is 10.3. The van der Waals surface area contributed by atoms with E-state index < -0.39 is 10.5 Å². The van der Waals surface area contributed by atoms with E-state index in [2.05, 4.69) is 15.9 Å². The van der Waals surface area contributed by atoms with Gasteiger partial charge in [-0.2, -0.15) is 0 Å². The molecule has 1 aromatic carbocycles. The Morgan fingerprint density at radius 3 is 2.50 bits per heavy atom. The summed E-state index contributed by atoms with van der Waals surface area (Å²) in [6.07, 6.45) is 0. The van der Waals surface area contributed by atoms with Crippen molar-refractivity contribution in [1.82, 2.24) is 0 Å². The van der Waals surface area contributed by atoms with Crippen LogP contribution >= 0.6 is 15.9 Å². The normalized spacial score (nSPS) is 11.4. The molecule has 0 aliphatic heterocycles. The van der Waals surface area contributed by atoms with Crippen molar-refractivity contribution in [3.8, 4) is 0 Å². The van der Waals surface area contributed by atoms with Gasteiger partial charge in [0.15, 0.2) is 0 Å². The van der Waals surface area contributed by atoms with Gasteiger partial charge in [-0.25, -0.2) is 0 Å². The van der Waals surface area contributed by atoms with Gasteiger partial charge in [-0.3, -0.25) is 10.1 Å². The van der Waals surface area contributed by atoms with Crippen LogP contribution in [0.4, 0.5) is 5.69 Å². The molecule has 0 fully saturated rings. The molecule has 0 unspecified atom stereocenters. The van der Waals surface area contributed by atoms with E-state index in [1.54, 1.807) is 26.0 Å². The fraction of sp³-hybridized carbons (Fsp3) is 0.333. The van der Waals surface area contributed by atoms with Crippen LogP contribution in [0.15, 0.2) is 22.7 Å². The lowest BCUT2D eigenvalue weighted by molar-refractivity contribution is -0.386. The van der Waals surface area contributed by atoms with Gasteiger partial charge in [0.2, 0.25) is 0 Å². The molecular formula is C9H11BrN2O2. The quantitative estimate of drug-likeness (QED) is 0.655. The minimum atomic E-state index is -0.705. The molecule has 0 heterocycles. The lowest BCUT2D eigenvalue weighted by Crippen LogP contribution is -2.29. The number of rotatable bonds is 2. The number of nitro groups is 1. The fourth-order valence-electron chi connectivity index (χ4n) is 1.20. The third-order valence-corrected chi connectivity index (χ3v) is 2.34. The molecule has 0 radical (unpaired) electrons. The van der Waals surface area contributed by atoms with E-state index in [9.17, 15) is 10.1 Å². The van der Waals surface area contributed by atoms with Crippen LogP contribution in [-0.4, -0.2) is 4.92 Å². The Bertz CT molecular complexity index is 372. The first-order chi connectivity index (χ1) is 6.32. The third-order valence-electron chi connectivity index (χ3n) is 1.85. The van der Waals surface area contributed by atoms with Crippen molar-refractivity contribution in [2.24, 2.45) is 5.73 Å². The molecule has 2 N–H and O–H groups in total. The number of halogens is 1. The number of hydrogen-bond acceptors (Lipinski definition) is 3. The third kappa shape index (κ3) is 2.30. The smallest absolute Gasteiger partial charge is 0.275 e. The molecule has 0 aromatic heterocycles. The Hall–Kier alpha value is -0.940. The van der Waals surface area contributed by atoms with E-state index in [1.165, 1.54) is 6.07 Å². The van der Waals surface area contributed by atoms with E-state index in [0.29, 0.717) is 10.0 Å². The Balaban J connectivity index is 3.37. The minimum absolute atomic E-state index is 0.0480. The van der Waals surface area contributed by atoms with Crippen LogP contribution < -0.4 is 5.73 Å². The minimum Gasteiger partial charge on any atom is -0.322 e. The SMILES string of the molecule is CC(C)(N)c1ccc(Br)cc1[N+](=O)[O-]. The van der Waals surface area contributed by atoms with Gasteiger partial charge in [0.05, 0.1) is 4.92 Å². The van der Waals surface area contributed by atoms with Gasteiger partial charge in [-0.05, 0) is 26.0 Å². The van der Waals surface area contributed by atoms with Gasteiger partial charge in [0, 0.05) is 21.6 Å². The molecular weight excluding hydrogens is 248 g/mol. The Labute approximate surface area is 90.4 Å². The lowest BCUT2D eigenvalue weighted by Gasteiger charge is -2.18. The van der Waals surface area contributed by atoms with Crippen molar-refractivity contribution in [2.45, 2.75) is 19.4 Å². The Morgan fingerprint density at radius 1 is 1.50 bits per heavy atom. The average Bonchev–Trinajstić information content (AvgIpc) is 2.01. The second kappa shape index (κ2) is 3.67. The first-order valence-corrected chi connectivity index (χ1v) is 4.85. The second-order valence-corrected chi connectivity index (χ2v) is 4.56. The second-order valence-electron chi connectivity index (χ2n) is 3.64. The molecule has 0 aliphatic rings. The average molecular weight is 259 g/mol. The summed E-state index contributed by atoms with van der Waals surface area (Å²) in [5.74, 6) is 0. The highest BCUT2D eigenvalue weighted by Crippen LogP contribution is 2.30. The van der Waals surface area contributed by atoms with E-state index >= 15 is 0 Å². The van der Waals surface area contributed by atoms with Gasteiger partial charge < -0.3 is 5.73 Å². The lowest BCUT2D eigenvalue weighted by atomic mass is 9.94. The van der Waals surface area contributed by atoms with Crippen molar-refractivity contribution in [2.75, 3.05) is 0 Å². The van der Waals surface area contributed by atoms with Crippen molar-refractivity contribution in [3.63, 3.8) is 0 Å². The number of nitrogens with two attached hydrogens (primary N) is 1. The van der Waals surface area contributed by atoms with E-state index in [-0.39, 0.29) is 5.69 Å². The van der Waals surface area contributed by atoms with Gasteiger partial charge >= 0.3 is 0 Å². The van der Waals surface area contributed by atoms with Crippen molar-refractivity contribution < 1.29 is 4.92 Å². The van der Waals surface area contributed by atoms with Crippen molar-refractivity contribution in [1.29, 1.82) is 0 Å². The zero-order valence-corrected chi connectivity index (χ0v) is 9.54. The van der Waals surface area contributed by atoms with Crippen molar-refractivity contribution >= 4 is 21.6 Å². The van der Waals surface area contributed by atoms with Crippen LogP contribution in [0.1, 0.15) is 19.4 Å². The van der Waals surface area contributed by atoms with Gasteiger partial charge in [0.1, 0.15) is 0 Å². The topological polar surface area (TPSA) is 69.2 Å². The maximum Gasteiger partial charge on any atom is 0.275 e. The standard InChI is InChI=1S/C9H11BrN2O2/c1-9(2,11)7-4-3-6(10)5-8(7)12(13)14/h3-5H,11H2,1-2H3. The molecule has 0 saturated heterocycles.